The number of aliphatic imine (C=N–C) groups is 1. The molecule has 90 valence electrons. The summed E-state index contributed by atoms with van der Waals surface area (Å²) in [7, 11) is 0. The van der Waals surface area contributed by atoms with Crippen LogP contribution in [-0.2, 0) is 4.79 Å². The van der Waals surface area contributed by atoms with Gasteiger partial charge in [0.05, 0.1) is 11.1 Å². The lowest BCUT2D eigenvalue weighted by atomic mass is 10.1. The number of hydrazone groups is 1. The third-order valence-corrected chi connectivity index (χ3v) is 3.38. The summed E-state index contributed by atoms with van der Waals surface area (Å²) in [6.07, 6.45) is 1.48. The Morgan fingerprint density at radius 3 is 3.06 bits per heavy atom. The van der Waals surface area contributed by atoms with Crippen LogP contribution in [0.5, 0.6) is 0 Å². The van der Waals surface area contributed by atoms with Crippen molar-refractivity contribution in [2.24, 2.45) is 10.1 Å². The van der Waals surface area contributed by atoms with Crippen molar-refractivity contribution < 1.29 is 9.21 Å². The highest BCUT2D eigenvalue weighted by Crippen LogP contribution is 2.25. The second-order valence-corrected chi connectivity index (χ2v) is 4.99. The van der Waals surface area contributed by atoms with E-state index >= 15 is 0 Å². The molecule has 1 aromatic heterocycles. The van der Waals surface area contributed by atoms with Crippen LogP contribution in [0.3, 0.4) is 0 Å². The van der Waals surface area contributed by atoms with Crippen LogP contribution in [0.15, 0.2) is 36.9 Å². The molecule has 3 rings (SSSR count). The van der Waals surface area contributed by atoms with Gasteiger partial charge in [-0.05, 0) is 45.9 Å². The zero-order chi connectivity index (χ0) is 12.7. The van der Waals surface area contributed by atoms with Crippen LogP contribution in [0.4, 0.5) is 0 Å². The molecule has 1 amide bonds. The molecule has 0 bridgehead atoms. The van der Waals surface area contributed by atoms with Crippen molar-refractivity contribution in [1.82, 2.24) is 5.01 Å². The van der Waals surface area contributed by atoms with Gasteiger partial charge in [-0.25, -0.2) is 0 Å². The number of carbonyl (C=O) groups excluding carboxylic acids is 1. The van der Waals surface area contributed by atoms with Crippen molar-refractivity contribution in [2.45, 2.75) is 0 Å². The first-order valence-corrected chi connectivity index (χ1v) is 6.50. The van der Waals surface area contributed by atoms with Crippen molar-refractivity contribution in [2.75, 3.05) is 0 Å². The molecule has 6 nitrogen and oxygen atoms in total. The van der Waals surface area contributed by atoms with E-state index in [0.717, 1.165) is 0 Å². The van der Waals surface area contributed by atoms with Crippen LogP contribution in [0.25, 0.3) is 6.08 Å². The minimum atomic E-state index is -0.461. The van der Waals surface area contributed by atoms with Crippen molar-refractivity contribution >= 4 is 56.2 Å². The van der Waals surface area contributed by atoms with Crippen molar-refractivity contribution in [1.29, 1.82) is 5.41 Å². The fraction of sp³-hybridized carbons (Fsp3) is 0. The first kappa shape index (κ1) is 11.4. The Morgan fingerprint density at radius 1 is 1.50 bits per heavy atom. The van der Waals surface area contributed by atoms with E-state index in [9.17, 15) is 4.79 Å². The van der Waals surface area contributed by atoms with Crippen LogP contribution in [0.1, 0.15) is 5.76 Å². The van der Waals surface area contributed by atoms with Gasteiger partial charge in [0.2, 0.25) is 0 Å². The lowest BCUT2D eigenvalue weighted by molar-refractivity contribution is -0.114. The third-order valence-electron chi connectivity index (χ3n) is 2.28. The van der Waals surface area contributed by atoms with E-state index < -0.39 is 5.91 Å². The van der Waals surface area contributed by atoms with Gasteiger partial charge in [0.25, 0.3) is 5.91 Å². The predicted molar refractivity (Wildman–Crippen MR) is 72.5 cm³/mol. The molecule has 2 aliphatic rings. The van der Waals surface area contributed by atoms with Gasteiger partial charge < -0.3 is 4.42 Å². The number of halogens is 1. The number of amidine groups is 2. The minimum absolute atomic E-state index is 0.00114. The average Bonchev–Trinajstić information content (AvgIpc) is 2.93. The molecule has 0 atom stereocenters. The standard InChI is InChI=1S/C10H5BrN4O2S/c11-7-2-1-5(17-7)3-6-8(12)15-10(14-9(6)16)18-4-13-15/h1-4,12H/b6-3+,12-8?. The molecular formula is C10H5BrN4O2S. The summed E-state index contributed by atoms with van der Waals surface area (Å²) < 4.78 is 5.83. The predicted octanol–water partition coefficient (Wildman–Crippen LogP) is 2.29. The second-order valence-electron chi connectivity index (χ2n) is 3.40. The van der Waals surface area contributed by atoms with Gasteiger partial charge in [-0.2, -0.15) is 15.1 Å². The van der Waals surface area contributed by atoms with E-state index in [1.165, 1.54) is 28.4 Å². The molecule has 1 aromatic rings. The van der Waals surface area contributed by atoms with Crippen molar-refractivity contribution in [3.05, 3.63) is 28.1 Å². The van der Waals surface area contributed by atoms with E-state index in [-0.39, 0.29) is 11.4 Å². The van der Waals surface area contributed by atoms with E-state index in [1.54, 1.807) is 12.1 Å². The number of hydrogen-bond acceptors (Lipinski definition) is 5. The molecule has 2 aliphatic heterocycles. The van der Waals surface area contributed by atoms with E-state index in [2.05, 4.69) is 26.0 Å². The summed E-state index contributed by atoms with van der Waals surface area (Å²) in [6.45, 7) is 0. The molecule has 1 N–H and O–H groups in total. The van der Waals surface area contributed by atoms with Gasteiger partial charge in [-0.1, -0.05) is 0 Å². The first-order chi connectivity index (χ1) is 8.65. The Bertz CT molecular complexity index is 646. The fourth-order valence-corrected chi connectivity index (χ4v) is 2.41. The number of thioether (sulfide) groups is 1. The maximum Gasteiger partial charge on any atom is 0.283 e. The Kier molecular flexibility index (Phi) is 2.67. The summed E-state index contributed by atoms with van der Waals surface area (Å²) in [5.41, 5.74) is 1.69. The summed E-state index contributed by atoms with van der Waals surface area (Å²) in [6, 6.07) is 3.40. The molecule has 0 aromatic carbocycles. The Morgan fingerprint density at radius 2 is 2.33 bits per heavy atom. The maximum atomic E-state index is 11.8. The number of rotatable bonds is 1. The smallest absolute Gasteiger partial charge is 0.283 e. The third kappa shape index (κ3) is 1.83. The Labute approximate surface area is 114 Å². The van der Waals surface area contributed by atoms with Crippen LogP contribution in [0, 0.1) is 5.41 Å². The Balaban J connectivity index is 2.02. The number of nitrogens with zero attached hydrogens (tertiary/aromatic N) is 3. The van der Waals surface area contributed by atoms with Gasteiger partial charge in [-0.3, -0.25) is 10.2 Å². The van der Waals surface area contributed by atoms with Gasteiger partial charge in [0.15, 0.2) is 15.7 Å². The number of nitrogens with one attached hydrogen (secondary N) is 1. The van der Waals surface area contributed by atoms with Gasteiger partial charge >= 0.3 is 0 Å². The number of amides is 1. The largest absolute Gasteiger partial charge is 0.450 e. The van der Waals surface area contributed by atoms with Gasteiger partial charge in [-0.15, -0.1) is 0 Å². The van der Waals surface area contributed by atoms with Gasteiger partial charge in [0, 0.05) is 0 Å². The molecule has 8 heteroatoms. The molecule has 0 spiro atoms. The summed E-state index contributed by atoms with van der Waals surface area (Å²) in [4.78, 5) is 15.7. The highest BCUT2D eigenvalue weighted by molar-refractivity contribution is 9.10. The molecule has 0 saturated heterocycles. The molecule has 0 aliphatic carbocycles. The van der Waals surface area contributed by atoms with E-state index in [0.29, 0.717) is 15.6 Å². The zero-order valence-corrected chi connectivity index (χ0v) is 11.2. The highest BCUT2D eigenvalue weighted by Gasteiger charge is 2.32. The average molecular weight is 325 g/mol. The van der Waals surface area contributed by atoms with Crippen LogP contribution < -0.4 is 0 Å². The zero-order valence-electron chi connectivity index (χ0n) is 8.75. The highest BCUT2D eigenvalue weighted by atomic mass is 79.9. The summed E-state index contributed by atoms with van der Waals surface area (Å²) in [5, 5.41) is 13.6. The molecule has 3 heterocycles. The summed E-state index contributed by atoms with van der Waals surface area (Å²) in [5.74, 6) is 0.0139. The molecular weight excluding hydrogens is 320 g/mol. The van der Waals surface area contributed by atoms with Crippen molar-refractivity contribution in [3.8, 4) is 0 Å². The number of hydrogen-bond donors (Lipinski definition) is 1. The molecule has 0 radical (unpaired) electrons. The minimum Gasteiger partial charge on any atom is -0.450 e. The van der Waals surface area contributed by atoms with Crippen LogP contribution in [0.2, 0.25) is 0 Å². The normalized spacial score (nSPS) is 20.6. The lowest BCUT2D eigenvalue weighted by Crippen LogP contribution is -2.35. The number of fused-ring (bicyclic) bond motifs is 1. The Hall–Kier alpha value is -1.67. The SMILES string of the molecule is N=C1/C(=C\c2ccc(Br)o2)C(=O)N=C2SC=NN12. The van der Waals surface area contributed by atoms with E-state index in [4.69, 9.17) is 9.83 Å². The lowest BCUT2D eigenvalue weighted by Gasteiger charge is -2.19. The topological polar surface area (TPSA) is 82.0 Å². The monoisotopic (exact) mass is 324 g/mol. The second kappa shape index (κ2) is 4.21. The molecule has 0 saturated carbocycles. The van der Waals surface area contributed by atoms with E-state index in [1.807, 2.05) is 0 Å². The van der Waals surface area contributed by atoms with Gasteiger partial charge in [0.1, 0.15) is 5.76 Å². The fourth-order valence-electron chi connectivity index (χ4n) is 1.48. The molecule has 0 unspecified atom stereocenters. The van der Waals surface area contributed by atoms with Crippen LogP contribution in [-0.4, -0.2) is 27.5 Å². The maximum absolute atomic E-state index is 11.8. The van der Waals surface area contributed by atoms with Crippen LogP contribution >= 0.6 is 27.7 Å². The summed E-state index contributed by atoms with van der Waals surface area (Å²) >= 11 is 4.38. The molecule has 0 fully saturated rings. The number of furan rings is 1. The number of carbonyl (C=O) groups is 1. The molecule has 18 heavy (non-hydrogen) atoms. The quantitative estimate of drug-likeness (QED) is 0.803. The van der Waals surface area contributed by atoms with Crippen molar-refractivity contribution in [3.63, 3.8) is 0 Å². The first-order valence-electron chi connectivity index (χ1n) is 4.83.